The van der Waals surface area contributed by atoms with Gasteiger partial charge in [0.15, 0.2) is 0 Å². The highest BCUT2D eigenvalue weighted by atomic mass is 16.3. The van der Waals surface area contributed by atoms with Crippen molar-refractivity contribution < 1.29 is 5.11 Å². The lowest BCUT2D eigenvalue weighted by molar-refractivity contribution is 0.156. The number of phenolic OH excluding ortho intramolecular Hbond substituents is 1. The van der Waals surface area contributed by atoms with Crippen molar-refractivity contribution in [1.82, 2.24) is 10.2 Å². The minimum atomic E-state index is 0.347. The zero-order chi connectivity index (χ0) is 13.7. The topological polar surface area (TPSA) is 35.5 Å². The van der Waals surface area contributed by atoms with E-state index in [0.717, 1.165) is 19.5 Å². The Labute approximate surface area is 116 Å². The summed E-state index contributed by atoms with van der Waals surface area (Å²) in [7, 11) is 2.25. The van der Waals surface area contributed by atoms with Gasteiger partial charge in [-0.1, -0.05) is 19.1 Å². The van der Waals surface area contributed by atoms with Crippen LogP contribution in [0, 0.1) is 0 Å². The molecule has 0 aliphatic carbocycles. The zero-order valence-corrected chi connectivity index (χ0v) is 12.1. The molecule has 0 aromatic heterocycles. The summed E-state index contributed by atoms with van der Waals surface area (Å²) in [4.78, 5) is 2.53. The van der Waals surface area contributed by atoms with E-state index < -0.39 is 0 Å². The van der Waals surface area contributed by atoms with Gasteiger partial charge in [-0.25, -0.2) is 0 Å². The lowest BCUT2D eigenvalue weighted by Crippen LogP contribution is -2.35. The van der Waals surface area contributed by atoms with E-state index in [2.05, 4.69) is 36.3 Å². The first-order valence-electron chi connectivity index (χ1n) is 7.44. The molecule has 19 heavy (non-hydrogen) atoms. The van der Waals surface area contributed by atoms with Crippen LogP contribution in [0.4, 0.5) is 0 Å². The molecule has 3 nitrogen and oxygen atoms in total. The second-order valence-electron chi connectivity index (χ2n) is 5.52. The van der Waals surface area contributed by atoms with Gasteiger partial charge < -0.3 is 10.4 Å². The number of nitrogens with zero attached hydrogens (tertiary/aromatic N) is 1. The minimum absolute atomic E-state index is 0.347. The number of hydrogen-bond acceptors (Lipinski definition) is 3. The Hall–Kier alpha value is -1.06. The van der Waals surface area contributed by atoms with E-state index in [4.69, 9.17) is 0 Å². The maximum atomic E-state index is 9.41. The number of hydrogen-bond donors (Lipinski definition) is 2. The molecule has 0 spiro atoms. The Balaban J connectivity index is 2.09. The average molecular weight is 262 g/mol. The summed E-state index contributed by atoms with van der Waals surface area (Å²) < 4.78 is 0. The van der Waals surface area contributed by atoms with Gasteiger partial charge in [0.05, 0.1) is 0 Å². The Morgan fingerprint density at radius 3 is 2.68 bits per heavy atom. The standard InChI is InChI=1S/C16H26N2O/c1-3-16(13-6-8-15(19)9-7-13)18(2)14-5-4-11-17-12-10-14/h6-9,14,16-17,19H,3-5,10-12H2,1-2H3. The Morgan fingerprint density at radius 2 is 2.00 bits per heavy atom. The summed E-state index contributed by atoms with van der Waals surface area (Å²) in [6, 6.07) is 8.79. The lowest BCUT2D eigenvalue weighted by atomic mass is 9.99. The molecular formula is C16H26N2O. The van der Waals surface area contributed by atoms with Gasteiger partial charge in [0.1, 0.15) is 5.75 Å². The average Bonchev–Trinajstić information content (AvgIpc) is 2.70. The zero-order valence-electron chi connectivity index (χ0n) is 12.1. The van der Waals surface area contributed by atoms with Crippen LogP contribution in [0.25, 0.3) is 0 Å². The monoisotopic (exact) mass is 262 g/mol. The van der Waals surface area contributed by atoms with Gasteiger partial charge in [0.25, 0.3) is 0 Å². The van der Waals surface area contributed by atoms with Crippen molar-refractivity contribution in [2.24, 2.45) is 0 Å². The van der Waals surface area contributed by atoms with Crippen LogP contribution in [0.1, 0.15) is 44.2 Å². The molecular weight excluding hydrogens is 236 g/mol. The number of aromatic hydroxyl groups is 1. The molecule has 3 heteroatoms. The highest BCUT2D eigenvalue weighted by Crippen LogP contribution is 2.28. The molecule has 2 unspecified atom stereocenters. The molecule has 0 saturated carbocycles. The highest BCUT2D eigenvalue weighted by molar-refractivity contribution is 5.28. The Kier molecular flexibility index (Phi) is 5.23. The number of benzene rings is 1. The van der Waals surface area contributed by atoms with Crippen LogP contribution in [-0.4, -0.2) is 36.2 Å². The molecule has 1 aliphatic rings. The predicted octanol–water partition coefficient (Wildman–Crippen LogP) is 2.92. The third kappa shape index (κ3) is 3.71. The van der Waals surface area contributed by atoms with Crippen molar-refractivity contribution in [3.8, 4) is 5.75 Å². The van der Waals surface area contributed by atoms with E-state index in [1.165, 1.54) is 24.8 Å². The van der Waals surface area contributed by atoms with E-state index in [0.29, 0.717) is 17.8 Å². The van der Waals surface area contributed by atoms with Gasteiger partial charge in [-0.3, -0.25) is 4.90 Å². The first-order valence-corrected chi connectivity index (χ1v) is 7.44. The van der Waals surface area contributed by atoms with Crippen molar-refractivity contribution >= 4 is 0 Å². The number of rotatable bonds is 4. The molecule has 1 aromatic rings. The first-order chi connectivity index (χ1) is 9.22. The van der Waals surface area contributed by atoms with Crippen molar-refractivity contribution in [2.45, 2.75) is 44.7 Å². The molecule has 2 rings (SSSR count). The fourth-order valence-electron chi connectivity index (χ4n) is 3.12. The molecule has 1 fully saturated rings. The van der Waals surface area contributed by atoms with Gasteiger partial charge in [0.2, 0.25) is 0 Å². The quantitative estimate of drug-likeness (QED) is 0.876. The molecule has 0 amide bonds. The van der Waals surface area contributed by atoms with Crippen molar-refractivity contribution in [3.05, 3.63) is 29.8 Å². The largest absolute Gasteiger partial charge is 0.508 e. The van der Waals surface area contributed by atoms with E-state index in [1.807, 2.05) is 0 Å². The molecule has 2 N–H and O–H groups in total. The van der Waals surface area contributed by atoms with Crippen LogP contribution in [-0.2, 0) is 0 Å². The second kappa shape index (κ2) is 6.92. The molecule has 1 saturated heterocycles. The number of nitrogens with one attached hydrogen (secondary N) is 1. The Bertz CT molecular complexity index is 369. The fourth-order valence-corrected chi connectivity index (χ4v) is 3.12. The Morgan fingerprint density at radius 1 is 1.26 bits per heavy atom. The summed E-state index contributed by atoms with van der Waals surface area (Å²) in [6.07, 6.45) is 4.87. The third-order valence-corrected chi connectivity index (χ3v) is 4.28. The minimum Gasteiger partial charge on any atom is -0.508 e. The third-order valence-electron chi connectivity index (χ3n) is 4.28. The van der Waals surface area contributed by atoms with Crippen molar-refractivity contribution in [1.29, 1.82) is 0 Å². The molecule has 0 radical (unpaired) electrons. The van der Waals surface area contributed by atoms with Gasteiger partial charge in [0, 0.05) is 12.1 Å². The highest BCUT2D eigenvalue weighted by Gasteiger charge is 2.23. The fraction of sp³-hybridized carbons (Fsp3) is 0.625. The normalized spacial score (nSPS) is 22.2. The maximum Gasteiger partial charge on any atom is 0.115 e. The van der Waals surface area contributed by atoms with Gasteiger partial charge in [-0.05, 0) is 63.5 Å². The van der Waals surface area contributed by atoms with E-state index in [1.54, 1.807) is 12.1 Å². The maximum absolute atomic E-state index is 9.41. The first kappa shape index (κ1) is 14.4. The van der Waals surface area contributed by atoms with Gasteiger partial charge >= 0.3 is 0 Å². The number of phenols is 1. The van der Waals surface area contributed by atoms with Gasteiger partial charge in [-0.15, -0.1) is 0 Å². The van der Waals surface area contributed by atoms with Crippen molar-refractivity contribution in [2.75, 3.05) is 20.1 Å². The molecule has 0 bridgehead atoms. The molecule has 1 aliphatic heterocycles. The van der Waals surface area contributed by atoms with E-state index in [-0.39, 0.29) is 0 Å². The molecule has 2 atom stereocenters. The lowest BCUT2D eigenvalue weighted by Gasteiger charge is -2.34. The van der Waals surface area contributed by atoms with Crippen molar-refractivity contribution in [3.63, 3.8) is 0 Å². The predicted molar refractivity (Wildman–Crippen MR) is 79.4 cm³/mol. The molecule has 1 aromatic carbocycles. The van der Waals surface area contributed by atoms with Crippen LogP contribution < -0.4 is 5.32 Å². The van der Waals surface area contributed by atoms with Crippen LogP contribution >= 0.6 is 0 Å². The summed E-state index contributed by atoms with van der Waals surface area (Å²) >= 11 is 0. The van der Waals surface area contributed by atoms with Gasteiger partial charge in [-0.2, -0.15) is 0 Å². The van der Waals surface area contributed by atoms with E-state index in [9.17, 15) is 5.11 Å². The van der Waals surface area contributed by atoms with Crippen LogP contribution in [0.3, 0.4) is 0 Å². The summed E-state index contributed by atoms with van der Waals surface area (Å²) in [5.74, 6) is 0.347. The van der Waals surface area contributed by atoms with Crippen LogP contribution in [0.15, 0.2) is 24.3 Å². The molecule has 106 valence electrons. The smallest absolute Gasteiger partial charge is 0.115 e. The van der Waals surface area contributed by atoms with Crippen LogP contribution in [0.5, 0.6) is 5.75 Å². The summed E-state index contributed by atoms with van der Waals surface area (Å²) in [5, 5.41) is 12.9. The van der Waals surface area contributed by atoms with Crippen LogP contribution in [0.2, 0.25) is 0 Å². The molecule has 1 heterocycles. The summed E-state index contributed by atoms with van der Waals surface area (Å²) in [6.45, 7) is 4.52. The SMILES string of the molecule is CCC(c1ccc(O)cc1)N(C)C1CCCNCC1. The second-order valence-corrected chi connectivity index (χ2v) is 5.52. The van der Waals surface area contributed by atoms with E-state index >= 15 is 0 Å². The summed E-state index contributed by atoms with van der Waals surface area (Å²) in [5.41, 5.74) is 1.31.